The molecular formula is C31H51N3O6Si. The summed E-state index contributed by atoms with van der Waals surface area (Å²) in [6.07, 6.45) is 1.02. The van der Waals surface area contributed by atoms with Gasteiger partial charge in [0, 0.05) is 38.3 Å². The van der Waals surface area contributed by atoms with E-state index in [1.165, 1.54) is 7.11 Å². The SMILES string of the molecule is COc1ccc(-c2nc(C(CCO[Si](C)(C)C(C)(C)C)C3CCN(C(=O)OC(C)(C)C)CC3)[nH]c2C(O)OC)cc1. The Balaban J connectivity index is 1.90. The smallest absolute Gasteiger partial charge is 0.410 e. The van der Waals surface area contributed by atoms with Crippen LogP contribution in [0.15, 0.2) is 24.3 Å². The lowest BCUT2D eigenvalue weighted by molar-refractivity contribution is -0.0793. The number of imidazole rings is 1. The normalized spacial score (nSPS) is 16.9. The van der Waals surface area contributed by atoms with Gasteiger partial charge in [0.05, 0.1) is 18.5 Å². The van der Waals surface area contributed by atoms with Crippen molar-refractivity contribution in [2.24, 2.45) is 5.92 Å². The summed E-state index contributed by atoms with van der Waals surface area (Å²) in [5.74, 6) is 1.88. The zero-order chi connectivity index (χ0) is 30.6. The van der Waals surface area contributed by atoms with Crippen molar-refractivity contribution in [3.63, 3.8) is 0 Å². The van der Waals surface area contributed by atoms with Crippen LogP contribution in [0, 0.1) is 5.92 Å². The summed E-state index contributed by atoms with van der Waals surface area (Å²) in [5.41, 5.74) is 1.51. The van der Waals surface area contributed by atoms with Gasteiger partial charge in [-0.3, -0.25) is 0 Å². The van der Waals surface area contributed by atoms with E-state index in [0.29, 0.717) is 31.1 Å². The van der Waals surface area contributed by atoms with Crippen LogP contribution in [0.1, 0.15) is 84.5 Å². The molecule has 0 aliphatic carbocycles. The van der Waals surface area contributed by atoms with Crippen molar-refractivity contribution < 1.29 is 28.5 Å². The van der Waals surface area contributed by atoms with Gasteiger partial charge in [0.15, 0.2) is 14.6 Å². The Kier molecular flexibility index (Phi) is 10.7. The zero-order valence-corrected chi connectivity index (χ0v) is 27.7. The molecule has 2 unspecified atom stereocenters. The molecule has 1 aliphatic heterocycles. The summed E-state index contributed by atoms with van der Waals surface area (Å²) in [6.45, 7) is 18.8. The van der Waals surface area contributed by atoms with Crippen LogP contribution in [0.5, 0.6) is 5.75 Å². The summed E-state index contributed by atoms with van der Waals surface area (Å²) in [4.78, 5) is 23.0. The highest BCUT2D eigenvalue weighted by Gasteiger charge is 2.38. The molecule has 0 bridgehead atoms. The monoisotopic (exact) mass is 589 g/mol. The fraction of sp³-hybridized carbons (Fsp3) is 0.677. The summed E-state index contributed by atoms with van der Waals surface area (Å²) in [5, 5.41) is 10.9. The standard InChI is InChI=1S/C31H51N3O6Si/c1-30(2,3)40-29(36)34-18-15-21(16-19-34)24(17-20-39-41(9,10)31(4,5)6)27-32-25(26(33-27)28(35)38-8)22-11-13-23(37-7)14-12-22/h11-14,21,24,28,35H,15-20H2,1-10H3,(H,32,33). The average molecular weight is 590 g/mol. The van der Waals surface area contributed by atoms with Gasteiger partial charge in [-0.1, -0.05) is 20.8 Å². The molecule has 0 radical (unpaired) electrons. The Labute approximate surface area is 247 Å². The second-order valence-electron chi connectivity index (χ2n) is 13.5. The molecule has 1 fully saturated rings. The van der Waals surface area contributed by atoms with Crippen molar-refractivity contribution in [3.05, 3.63) is 35.8 Å². The lowest BCUT2D eigenvalue weighted by Gasteiger charge is -2.38. The van der Waals surface area contributed by atoms with Gasteiger partial charge in [-0.2, -0.15) is 0 Å². The highest BCUT2D eigenvalue weighted by Crippen LogP contribution is 2.40. The molecule has 0 spiro atoms. The van der Waals surface area contributed by atoms with Gasteiger partial charge in [0.2, 0.25) is 0 Å². The molecule has 1 aromatic carbocycles. The van der Waals surface area contributed by atoms with E-state index < -0.39 is 20.2 Å². The number of benzene rings is 1. The fourth-order valence-corrected chi connectivity index (χ4v) is 5.97. The first-order chi connectivity index (χ1) is 19.1. The molecule has 1 aliphatic rings. The maximum absolute atomic E-state index is 12.7. The maximum atomic E-state index is 12.7. The van der Waals surface area contributed by atoms with Gasteiger partial charge >= 0.3 is 6.09 Å². The number of nitrogens with one attached hydrogen (secondary N) is 1. The second kappa shape index (κ2) is 13.3. The first kappa shape index (κ1) is 33.1. The van der Waals surface area contributed by atoms with Crippen LogP contribution in [-0.2, 0) is 13.9 Å². The van der Waals surface area contributed by atoms with Gasteiger partial charge in [0.1, 0.15) is 17.2 Å². The van der Waals surface area contributed by atoms with E-state index in [1.54, 1.807) is 12.0 Å². The van der Waals surface area contributed by atoms with E-state index in [2.05, 4.69) is 38.8 Å². The van der Waals surface area contributed by atoms with Crippen LogP contribution in [0.25, 0.3) is 11.3 Å². The molecule has 2 N–H and O–H groups in total. The number of methoxy groups -OCH3 is 2. The molecule has 41 heavy (non-hydrogen) atoms. The zero-order valence-electron chi connectivity index (χ0n) is 26.7. The topological polar surface area (TPSA) is 106 Å². The third-order valence-corrected chi connectivity index (χ3v) is 12.9. The summed E-state index contributed by atoms with van der Waals surface area (Å²) in [6, 6.07) is 7.62. The molecule has 9 nitrogen and oxygen atoms in total. The number of carbonyl (C=O) groups excluding carboxylic acids is 1. The minimum absolute atomic E-state index is 0.0513. The van der Waals surface area contributed by atoms with Crippen molar-refractivity contribution in [3.8, 4) is 17.0 Å². The molecule has 1 aromatic heterocycles. The number of aromatic amines is 1. The van der Waals surface area contributed by atoms with Gasteiger partial charge in [0.25, 0.3) is 0 Å². The minimum atomic E-state index is -1.93. The summed E-state index contributed by atoms with van der Waals surface area (Å²) < 4.78 is 22.8. The summed E-state index contributed by atoms with van der Waals surface area (Å²) >= 11 is 0. The number of rotatable bonds is 10. The number of ether oxygens (including phenoxy) is 3. The lowest BCUT2D eigenvalue weighted by atomic mass is 9.82. The number of H-pyrrole nitrogens is 1. The predicted octanol–water partition coefficient (Wildman–Crippen LogP) is 6.87. The largest absolute Gasteiger partial charge is 0.497 e. The molecule has 2 atom stereocenters. The van der Waals surface area contributed by atoms with Crippen molar-refractivity contribution in [2.45, 2.75) is 96.7 Å². The third-order valence-electron chi connectivity index (χ3n) is 8.39. The first-order valence-electron chi connectivity index (χ1n) is 14.6. The minimum Gasteiger partial charge on any atom is -0.497 e. The van der Waals surface area contributed by atoms with Crippen LogP contribution >= 0.6 is 0 Å². The molecule has 1 saturated heterocycles. The van der Waals surface area contributed by atoms with E-state index in [0.717, 1.165) is 36.4 Å². The molecule has 2 aromatic rings. The number of hydrogen-bond acceptors (Lipinski definition) is 7. The van der Waals surface area contributed by atoms with Gasteiger partial charge in [-0.05, 0) is 88.3 Å². The van der Waals surface area contributed by atoms with E-state index in [9.17, 15) is 9.90 Å². The highest BCUT2D eigenvalue weighted by atomic mass is 28.4. The van der Waals surface area contributed by atoms with Crippen molar-refractivity contribution in [1.29, 1.82) is 0 Å². The van der Waals surface area contributed by atoms with Crippen molar-refractivity contribution in [2.75, 3.05) is 33.9 Å². The van der Waals surface area contributed by atoms with E-state index in [-0.39, 0.29) is 23.0 Å². The number of piperidine rings is 1. The van der Waals surface area contributed by atoms with Gasteiger partial charge < -0.3 is 33.6 Å². The lowest BCUT2D eigenvalue weighted by Crippen LogP contribution is -2.43. The predicted molar refractivity (Wildman–Crippen MR) is 164 cm³/mol. The molecule has 1 amide bonds. The number of likely N-dealkylation sites (tertiary alicyclic amines) is 1. The van der Waals surface area contributed by atoms with E-state index in [1.807, 2.05) is 45.0 Å². The quantitative estimate of drug-likeness (QED) is 0.230. The van der Waals surface area contributed by atoms with Crippen LogP contribution in [-0.4, -0.2) is 73.9 Å². The Morgan fingerprint density at radius 1 is 1.10 bits per heavy atom. The second-order valence-corrected chi connectivity index (χ2v) is 18.3. The van der Waals surface area contributed by atoms with E-state index >= 15 is 0 Å². The molecule has 0 saturated carbocycles. The van der Waals surface area contributed by atoms with Gasteiger partial charge in [-0.15, -0.1) is 0 Å². The number of nitrogens with zero attached hydrogens (tertiary/aromatic N) is 2. The van der Waals surface area contributed by atoms with Crippen molar-refractivity contribution in [1.82, 2.24) is 14.9 Å². The number of aliphatic hydroxyl groups excluding tert-OH is 1. The third kappa shape index (κ3) is 8.56. The van der Waals surface area contributed by atoms with Gasteiger partial charge in [-0.25, -0.2) is 9.78 Å². The van der Waals surface area contributed by atoms with Crippen LogP contribution < -0.4 is 4.74 Å². The average Bonchev–Trinajstić information content (AvgIpc) is 3.34. The number of hydrogen-bond donors (Lipinski definition) is 2. The Hall–Kier alpha value is -2.40. The van der Waals surface area contributed by atoms with Crippen LogP contribution in [0.4, 0.5) is 4.79 Å². The molecular weight excluding hydrogens is 538 g/mol. The first-order valence-corrected chi connectivity index (χ1v) is 17.5. The van der Waals surface area contributed by atoms with Crippen molar-refractivity contribution >= 4 is 14.4 Å². The molecule has 230 valence electrons. The maximum Gasteiger partial charge on any atom is 0.410 e. The fourth-order valence-electron chi connectivity index (χ4n) is 4.91. The molecule has 2 heterocycles. The Morgan fingerprint density at radius 3 is 2.22 bits per heavy atom. The molecule has 10 heteroatoms. The van der Waals surface area contributed by atoms with E-state index in [4.69, 9.17) is 23.6 Å². The number of aromatic nitrogens is 2. The highest BCUT2D eigenvalue weighted by molar-refractivity contribution is 6.74. The van der Waals surface area contributed by atoms with Crippen LogP contribution in [0.3, 0.4) is 0 Å². The Bertz CT molecular complexity index is 1130. The number of carbonyl (C=O) groups is 1. The number of amides is 1. The summed E-state index contributed by atoms with van der Waals surface area (Å²) in [7, 11) is 1.17. The Morgan fingerprint density at radius 2 is 1.71 bits per heavy atom. The molecule has 3 rings (SSSR count). The number of aliphatic hydroxyl groups is 1. The van der Waals surface area contributed by atoms with Crippen LogP contribution in [0.2, 0.25) is 18.1 Å².